The van der Waals surface area contributed by atoms with Gasteiger partial charge in [-0.15, -0.1) is 0 Å². The summed E-state index contributed by atoms with van der Waals surface area (Å²) in [5.41, 5.74) is 3.54. The van der Waals surface area contributed by atoms with Crippen molar-refractivity contribution < 1.29 is 9.53 Å². The third-order valence-corrected chi connectivity index (χ3v) is 7.24. The molecule has 3 aliphatic heterocycles. The number of rotatable bonds is 4. The Balaban J connectivity index is 1.18. The van der Waals surface area contributed by atoms with E-state index in [1.165, 1.54) is 11.1 Å². The van der Waals surface area contributed by atoms with E-state index in [0.29, 0.717) is 24.0 Å². The van der Waals surface area contributed by atoms with Gasteiger partial charge in [0.15, 0.2) is 0 Å². The number of benzene rings is 1. The minimum absolute atomic E-state index is 0.190. The van der Waals surface area contributed by atoms with Gasteiger partial charge in [0.1, 0.15) is 6.10 Å². The summed E-state index contributed by atoms with van der Waals surface area (Å²) >= 11 is 0. The van der Waals surface area contributed by atoms with Crippen molar-refractivity contribution in [3.8, 4) is 6.07 Å². The van der Waals surface area contributed by atoms with E-state index in [1.54, 1.807) is 0 Å². The standard InChI is InChI=1S/C24H30N4O2/c25-14-16-3-5-17(6-4-16)18-12-19-15-26-23(19)21(13-18)27-20-7-9-28(10-8-20)24(29)22-2-1-11-30-22/h3-6,15,18,20-23,26-27H,1-2,7-13H2. The normalized spacial score (nSPS) is 31.2. The Labute approximate surface area is 178 Å². The van der Waals surface area contributed by atoms with Crippen molar-refractivity contribution in [3.05, 3.63) is 47.2 Å². The highest BCUT2D eigenvalue weighted by atomic mass is 16.5. The first kappa shape index (κ1) is 19.6. The van der Waals surface area contributed by atoms with E-state index in [2.05, 4.69) is 35.0 Å². The van der Waals surface area contributed by atoms with Crippen LogP contribution < -0.4 is 10.6 Å². The van der Waals surface area contributed by atoms with Crippen molar-refractivity contribution in [2.24, 2.45) is 0 Å². The van der Waals surface area contributed by atoms with Crippen molar-refractivity contribution in [3.63, 3.8) is 0 Å². The summed E-state index contributed by atoms with van der Waals surface area (Å²) in [4.78, 5) is 14.6. The lowest BCUT2D eigenvalue weighted by atomic mass is 9.73. The SMILES string of the molecule is N#Cc1ccc(C2CC3=CNC3C(NC3CCN(C(=O)C4CCCO4)CC3)C2)cc1. The molecule has 3 fully saturated rings. The molecule has 3 heterocycles. The van der Waals surface area contributed by atoms with Crippen LogP contribution in [0.15, 0.2) is 36.0 Å². The van der Waals surface area contributed by atoms with Crippen LogP contribution in [0.5, 0.6) is 0 Å². The fourth-order valence-electron chi connectivity index (χ4n) is 5.46. The van der Waals surface area contributed by atoms with Gasteiger partial charge in [0.25, 0.3) is 5.91 Å². The first-order valence-electron chi connectivity index (χ1n) is 11.3. The van der Waals surface area contributed by atoms with Gasteiger partial charge in [-0.25, -0.2) is 0 Å². The molecule has 0 radical (unpaired) electrons. The molecule has 0 spiro atoms. The Kier molecular flexibility index (Phi) is 5.49. The van der Waals surface area contributed by atoms with Crippen LogP contribution in [0.3, 0.4) is 0 Å². The van der Waals surface area contributed by atoms with Gasteiger partial charge < -0.3 is 20.3 Å². The van der Waals surface area contributed by atoms with E-state index in [4.69, 9.17) is 10.00 Å². The minimum Gasteiger partial charge on any atom is -0.383 e. The molecule has 1 aliphatic carbocycles. The highest BCUT2D eigenvalue weighted by molar-refractivity contribution is 5.81. The number of carbonyl (C=O) groups excluding carboxylic acids is 1. The lowest BCUT2D eigenvalue weighted by molar-refractivity contribution is -0.142. The van der Waals surface area contributed by atoms with E-state index < -0.39 is 0 Å². The second-order valence-electron chi connectivity index (χ2n) is 9.11. The van der Waals surface area contributed by atoms with E-state index in [-0.39, 0.29) is 12.0 Å². The minimum atomic E-state index is -0.201. The smallest absolute Gasteiger partial charge is 0.251 e. The number of nitrogens with one attached hydrogen (secondary N) is 2. The average molecular weight is 407 g/mol. The highest BCUT2D eigenvalue weighted by Crippen LogP contribution is 2.39. The van der Waals surface area contributed by atoms with Crippen molar-refractivity contribution in [1.82, 2.24) is 15.5 Å². The fraction of sp³-hybridized carbons (Fsp3) is 0.583. The Hall–Kier alpha value is -2.36. The molecule has 4 aliphatic rings. The first-order chi connectivity index (χ1) is 14.7. The molecule has 2 saturated heterocycles. The van der Waals surface area contributed by atoms with Crippen LogP contribution in [0.25, 0.3) is 0 Å². The highest BCUT2D eigenvalue weighted by Gasteiger charge is 2.39. The zero-order chi connectivity index (χ0) is 20.5. The Morgan fingerprint density at radius 3 is 2.63 bits per heavy atom. The van der Waals surface area contributed by atoms with E-state index in [9.17, 15) is 4.79 Å². The monoisotopic (exact) mass is 406 g/mol. The molecule has 2 N–H and O–H groups in total. The summed E-state index contributed by atoms with van der Waals surface area (Å²) in [6.45, 7) is 2.37. The van der Waals surface area contributed by atoms with Gasteiger partial charge in [-0.1, -0.05) is 12.1 Å². The summed E-state index contributed by atoms with van der Waals surface area (Å²) in [5.74, 6) is 0.677. The quantitative estimate of drug-likeness (QED) is 0.803. The number of nitriles is 1. The van der Waals surface area contributed by atoms with Crippen molar-refractivity contribution in [2.45, 2.75) is 68.7 Å². The molecule has 4 atom stereocenters. The summed E-state index contributed by atoms with van der Waals surface area (Å²) in [6, 6.07) is 11.6. The van der Waals surface area contributed by atoms with Gasteiger partial charge in [-0.2, -0.15) is 5.26 Å². The molecule has 1 saturated carbocycles. The number of hydrogen-bond donors (Lipinski definition) is 2. The molecule has 0 aromatic heterocycles. The van der Waals surface area contributed by atoms with Crippen LogP contribution in [0, 0.1) is 11.3 Å². The lowest BCUT2D eigenvalue weighted by Crippen LogP contribution is -2.59. The number of piperidine rings is 1. The predicted molar refractivity (Wildman–Crippen MR) is 114 cm³/mol. The third-order valence-electron chi connectivity index (χ3n) is 7.24. The molecule has 1 amide bonds. The molecule has 4 unspecified atom stereocenters. The maximum absolute atomic E-state index is 12.6. The summed E-state index contributed by atoms with van der Waals surface area (Å²) in [5, 5.41) is 16.5. The molecule has 1 aromatic carbocycles. The zero-order valence-corrected chi connectivity index (χ0v) is 17.3. The number of ether oxygens (including phenoxy) is 1. The van der Waals surface area contributed by atoms with Gasteiger partial charge in [0.05, 0.1) is 17.7 Å². The van der Waals surface area contributed by atoms with Crippen molar-refractivity contribution in [1.29, 1.82) is 5.26 Å². The average Bonchev–Trinajstić information content (AvgIpc) is 3.30. The summed E-state index contributed by atoms with van der Waals surface area (Å²) < 4.78 is 5.58. The van der Waals surface area contributed by atoms with E-state index in [1.807, 2.05) is 17.0 Å². The van der Waals surface area contributed by atoms with Gasteiger partial charge in [-0.3, -0.25) is 4.79 Å². The zero-order valence-electron chi connectivity index (χ0n) is 17.3. The second-order valence-corrected chi connectivity index (χ2v) is 9.11. The van der Waals surface area contributed by atoms with Crippen molar-refractivity contribution in [2.75, 3.05) is 19.7 Å². The maximum Gasteiger partial charge on any atom is 0.251 e. The molecular weight excluding hydrogens is 376 g/mol. The van der Waals surface area contributed by atoms with Gasteiger partial charge in [0.2, 0.25) is 0 Å². The van der Waals surface area contributed by atoms with E-state index >= 15 is 0 Å². The van der Waals surface area contributed by atoms with Gasteiger partial charge >= 0.3 is 0 Å². The number of carbonyl (C=O) groups is 1. The molecule has 1 aromatic rings. The fourth-order valence-corrected chi connectivity index (χ4v) is 5.46. The lowest BCUT2D eigenvalue weighted by Gasteiger charge is -2.46. The van der Waals surface area contributed by atoms with Crippen molar-refractivity contribution >= 4 is 5.91 Å². The van der Waals surface area contributed by atoms with Crippen LogP contribution in [0.1, 0.15) is 55.6 Å². The molecule has 0 bridgehead atoms. The van der Waals surface area contributed by atoms with Gasteiger partial charge in [0, 0.05) is 31.8 Å². The molecule has 158 valence electrons. The van der Waals surface area contributed by atoms with Crippen LogP contribution in [-0.4, -0.2) is 54.7 Å². The Morgan fingerprint density at radius 1 is 1.20 bits per heavy atom. The number of fused-ring (bicyclic) bond motifs is 1. The first-order valence-corrected chi connectivity index (χ1v) is 11.3. The van der Waals surface area contributed by atoms with Gasteiger partial charge in [-0.05, 0) is 73.9 Å². The Morgan fingerprint density at radius 2 is 2.00 bits per heavy atom. The van der Waals surface area contributed by atoms with Crippen LogP contribution in [0.4, 0.5) is 0 Å². The molecule has 5 rings (SSSR count). The topological polar surface area (TPSA) is 77.4 Å². The Bertz CT molecular complexity index is 845. The number of likely N-dealkylation sites (tertiary alicyclic amines) is 1. The molecule has 6 nitrogen and oxygen atoms in total. The predicted octanol–water partition coefficient (Wildman–Crippen LogP) is 2.42. The van der Waals surface area contributed by atoms with Crippen LogP contribution in [-0.2, 0) is 9.53 Å². The molecular formula is C24H30N4O2. The molecule has 6 heteroatoms. The summed E-state index contributed by atoms with van der Waals surface area (Å²) in [6.07, 6.45) is 8.03. The third kappa shape index (κ3) is 3.84. The van der Waals surface area contributed by atoms with Crippen LogP contribution >= 0.6 is 0 Å². The number of amides is 1. The summed E-state index contributed by atoms with van der Waals surface area (Å²) in [7, 11) is 0. The number of nitrogens with zero attached hydrogens (tertiary/aromatic N) is 2. The second kappa shape index (κ2) is 8.41. The van der Waals surface area contributed by atoms with E-state index in [0.717, 1.165) is 63.8 Å². The van der Waals surface area contributed by atoms with Crippen LogP contribution in [0.2, 0.25) is 0 Å². The molecule has 30 heavy (non-hydrogen) atoms. The maximum atomic E-state index is 12.6. The largest absolute Gasteiger partial charge is 0.383 e. The number of hydrogen-bond acceptors (Lipinski definition) is 5.